The Morgan fingerprint density at radius 2 is 0.821 bits per heavy atom. The second-order valence-electron chi connectivity index (χ2n) is 17.5. The first-order valence-electron chi connectivity index (χ1n) is 23.1. The lowest BCUT2D eigenvalue weighted by Gasteiger charge is -2.34. The predicted octanol–water partition coefficient (Wildman–Crippen LogP) is 17.6. The molecule has 0 unspecified atom stereocenters. The van der Waals surface area contributed by atoms with Crippen LogP contribution < -0.4 is 4.90 Å². The van der Waals surface area contributed by atoms with Crippen LogP contribution in [0.4, 0.5) is 17.1 Å². The highest BCUT2D eigenvalue weighted by molar-refractivity contribution is 6.11. The van der Waals surface area contributed by atoms with E-state index in [9.17, 15) is 0 Å². The van der Waals surface area contributed by atoms with Crippen LogP contribution in [0.2, 0.25) is 0 Å². The lowest BCUT2D eigenvalue weighted by atomic mass is 9.68. The molecule has 2 heteroatoms. The molecule has 1 heterocycles. The molecule has 0 amide bonds. The zero-order valence-corrected chi connectivity index (χ0v) is 36.7. The average Bonchev–Trinajstić information content (AvgIpc) is 3.94. The van der Waals surface area contributed by atoms with E-state index < -0.39 is 5.41 Å². The van der Waals surface area contributed by atoms with E-state index in [1.54, 1.807) is 0 Å². The average molecular weight is 854 g/mol. The van der Waals surface area contributed by atoms with Crippen molar-refractivity contribution < 1.29 is 4.42 Å². The van der Waals surface area contributed by atoms with Gasteiger partial charge in [-0.25, -0.2) is 0 Å². The third-order valence-electron chi connectivity index (χ3n) is 14.0. The van der Waals surface area contributed by atoms with E-state index in [-0.39, 0.29) is 0 Å². The molecule has 1 aliphatic rings. The van der Waals surface area contributed by atoms with Crippen LogP contribution >= 0.6 is 0 Å². The van der Waals surface area contributed by atoms with E-state index in [0.29, 0.717) is 0 Å². The van der Waals surface area contributed by atoms with Crippen LogP contribution in [-0.4, -0.2) is 0 Å². The van der Waals surface area contributed by atoms with E-state index in [4.69, 9.17) is 4.42 Å². The molecular weight excluding hydrogens is 811 g/mol. The molecule has 13 rings (SSSR count). The first-order valence-corrected chi connectivity index (χ1v) is 23.1. The Kier molecular flexibility index (Phi) is 9.11. The summed E-state index contributed by atoms with van der Waals surface area (Å²) in [5, 5.41) is 4.73. The smallest absolute Gasteiger partial charge is 0.143 e. The van der Waals surface area contributed by atoms with Gasteiger partial charge >= 0.3 is 0 Å². The van der Waals surface area contributed by atoms with E-state index in [2.05, 4.69) is 260 Å². The Morgan fingerprint density at radius 1 is 0.313 bits per heavy atom. The van der Waals surface area contributed by atoms with Crippen LogP contribution in [-0.2, 0) is 5.41 Å². The van der Waals surface area contributed by atoms with Crippen LogP contribution in [0.3, 0.4) is 0 Å². The molecule has 11 aromatic carbocycles. The Balaban J connectivity index is 1.02. The summed E-state index contributed by atoms with van der Waals surface area (Å²) < 4.78 is 6.73. The highest BCUT2D eigenvalue weighted by atomic mass is 16.3. The molecule has 0 radical (unpaired) electrons. The van der Waals surface area contributed by atoms with Crippen molar-refractivity contribution in [1.82, 2.24) is 0 Å². The van der Waals surface area contributed by atoms with Crippen LogP contribution in [0, 0.1) is 0 Å². The fourth-order valence-electron chi connectivity index (χ4n) is 11.0. The van der Waals surface area contributed by atoms with E-state index in [1.165, 1.54) is 60.8 Å². The summed E-state index contributed by atoms with van der Waals surface area (Å²) in [4.78, 5) is 2.48. The largest absolute Gasteiger partial charge is 0.455 e. The van der Waals surface area contributed by atoms with Gasteiger partial charge in [0.05, 0.1) is 16.8 Å². The van der Waals surface area contributed by atoms with Crippen LogP contribution in [0.15, 0.2) is 265 Å². The minimum Gasteiger partial charge on any atom is -0.455 e. The maximum Gasteiger partial charge on any atom is 0.143 e. The second-order valence-corrected chi connectivity index (χ2v) is 17.5. The quantitative estimate of drug-likeness (QED) is 0.151. The van der Waals surface area contributed by atoms with Crippen molar-refractivity contribution in [1.29, 1.82) is 0 Å². The number of benzene rings is 11. The monoisotopic (exact) mass is 853 g/mol. The summed E-state index contributed by atoms with van der Waals surface area (Å²) in [5.74, 6) is 0. The van der Waals surface area contributed by atoms with Gasteiger partial charge in [0.25, 0.3) is 0 Å². The molecule has 0 atom stereocenters. The van der Waals surface area contributed by atoms with Crippen molar-refractivity contribution in [3.05, 3.63) is 283 Å². The maximum absolute atomic E-state index is 6.73. The number of furan rings is 1. The van der Waals surface area contributed by atoms with Gasteiger partial charge in [-0.3, -0.25) is 0 Å². The lowest BCUT2D eigenvalue weighted by molar-refractivity contribution is 0.670. The molecular formula is C65H43NO. The molecule has 1 aliphatic carbocycles. The van der Waals surface area contributed by atoms with Crippen LogP contribution in [0.25, 0.3) is 77.2 Å². The van der Waals surface area contributed by atoms with Crippen LogP contribution in [0.1, 0.15) is 22.3 Å². The molecule has 0 fully saturated rings. The third-order valence-corrected chi connectivity index (χ3v) is 14.0. The normalized spacial score (nSPS) is 12.6. The van der Waals surface area contributed by atoms with Gasteiger partial charge in [0.1, 0.15) is 11.2 Å². The lowest BCUT2D eigenvalue weighted by Crippen LogP contribution is -2.28. The topological polar surface area (TPSA) is 16.4 Å². The first-order chi connectivity index (χ1) is 33.3. The van der Waals surface area contributed by atoms with E-state index in [0.717, 1.165) is 55.7 Å². The molecule has 0 N–H and O–H groups in total. The number of rotatable bonds is 8. The summed E-state index contributed by atoms with van der Waals surface area (Å²) in [6.07, 6.45) is 0. The molecule has 1 aromatic heterocycles. The first kappa shape index (κ1) is 38.7. The highest BCUT2D eigenvalue weighted by Crippen LogP contribution is 2.60. The van der Waals surface area contributed by atoms with E-state index >= 15 is 0 Å². The number of nitrogens with zero attached hydrogens (tertiary/aromatic N) is 1. The van der Waals surface area contributed by atoms with Crippen molar-refractivity contribution in [2.45, 2.75) is 5.41 Å². The second kappa shape index (κ2) is 15.8. The van der Waals surface area contributed by atoms with Crippen molar-refractivity contribution in [2.75, 3.05) is 4.90 Å². The fraction of sp³-hybridized carbons (Fsp3) is 0.0154. The number of hydrogen-bond donors (Lipinski definition) is 0. The van der Waals surface area contributed by atoms with Crippen molar-refractivity contribution >= 4 is 49.8 Å². The SMILES string of the molecule is c1ccc(C2(c3ccccc3)c3ccccc3-c3c(N(c4ccc(-c5ccc(-c6cccc7ccccc67)cc5)cc4)c4ccccc4-c4cccc5c4oc4ccccc45)cccc32)cc1. The van der Waals surface area contributed by atoms with Gasteiger partial charge in [-0.05, 0) is 91.2 Å². The van der Waals surface area contributed by atoms with Gasteiger partial charge < -0.3 is 9.32 Å². The molecule has 12 aromatic rings. The van der Waals surface area contributed by atoms with Crippen molar-refractivity contribution in [3.8, 4) is 44.5 Å². The Morgan fingerprint density at radius 3 is 1.60 bits per heavy atom. The standard InChI is InChI=1S/C65H43NO/c1-3-20-48(21-4-1)65(49-22-5-2-6-23-49)58-31-12-9-27-57(58)63-59(65)32-17-34-61(63)66(60-33-13-10-25-53(60)55-29-16-30-56-54-26-11-14-35-62(54)67-64(55)56)50-42-40-45(41-43-50)44-36-38-47(39-37-44)52-28-15-19-46-18-7-8-24-51(46)52/h1-43H. The van der Waals surface area contributed by atoms with E-state index in [1.807, 2.05) is 6.07 Å². The van der Waals surface area contributed by atoms with Gasteiger partial charge in [0.15, 0.2) is 0 Å². The molecule has 0 spiro atoms. The Bertz CT molecular complexity index is 3750. The molecule has 0 aliphatic heterocycles. The minimum atomic E-state index is -0.544. The molecule has 314 valence electrons. The van der Waals surface area contributed by atoms with Gasteiger partial charge in [-0.2, -0.15) is 0 Å². The Hall–Kier alpha value is -8.72. The zero-order chi connectivity index (χ0) is 44.3. The Labute approximate surface area is 390 Å². The summed E-state index contributed by atoms with van der Waals surface area (Å²) in [6.45, 7) is 0. The number of para-hydroxylation sites is 3. The summed E-state index contributed by atoms with van der Waals surface area (Å²) in [5.41, 5.74) is 18.8. The summed E-state index contributed by atoms with van der Waals surface area (Å²) in [6, 6.07) is 95.0. The van der Waals surface area contributed by atoms with Crippen LogP contribution in [0.5, 0.6) is 0 Å². The number of anilines is 3. The van der Waals surface area contributed by atoms with Crippen molar-refractivity contribution in [2.24, 2.45) is 0 Å². The van der Waals surface area contributed by atoms with Gasteiger partial charge in [-0.1, -0.05) is 231 Å². The molecule has 2 nitrogen and oxygen atoms in total. The third kappa shape index (κ3) is 6.11. The fourth-order valence-corrected chi connectivity index (χ4v) is 11.0. The molecule has 0 saturated heterocycles. The number of hydrogen-bond acceptors (Lipinski definition) is 2. The number of fused-ring (bicyclic) bond motifs is 7. The van der Waals surface area contributed by atoms with Gasteiger partial charge in [-0.15, -0.1) is 0 Å². The molecule has 0 bridgehead atoms. The molecule has 0 saturated carbocycles. The summed E-state index contributed by atoms with van der Waals surface area (Å²) in [7, 11) is 0. The molecule has 67 heavy (non-hydrogen) atoms. The highest BCUT2D eigenvalue weighted by Gasteiger charge is 2.47. The predicted molar refractivity (Wildman–Crippen MR) is 280 cm³/mol. The minimum absolute atomic E-state index is 0.544. The van der Waals surface area contributed by atoms with Crippen molar-refractivity contribution in [3.63, 3.8) is 0 Å². The van der Waals surface area contributed by atoms with Gasteiger partial charge in [0.2, 0.25) is 0 Å². The zero-order valence-electron chi connectivity index (χ0n) is 36.7. The maximum atomic E-state index is 6.73. The van der Waals surface area contributed by atoms with Gasteiger partial charge in [0, 0.05) is 33.2 Å². The summed E-state index contributed by atoms with van der Waals surface area (Å²) >= 11 is 0.